The minimum atomic E-state index is -0.138. The molecule has 0 unspecified atom stereocenters. The van der Waals surface area contributed by atoms with E-state index in [1.165, 1.54) is 5.56 Å². The normalized spacial score (nSPS) is 8.94. The quantitative estimate of drug-likeness (QED) is 0.481. The van der Waals surface area contributed by atoms with Crippen molar-refractivity contribution in [2.75, 3.05) is 4.53 Å². The maximum absolute atomic E-state index is 8.61. The molecular formula is C12H10Cl2N4. The number of halogens is 2. The van der Waals surface area contributed by atoms with E-state index in [0.29, 0.717) is 5.69 Å². The molecule has 0 amide bonds. The van der Waals surface area contributed by atoms with Crippen molar-refractivity contribution in [3.8, 4) is 12.1 Å². The van der Waals surface area contributed by atoms with Crippen LogP contribution in [0.3, 0.4) is 0 Å². The van der Waals surface area contributed by atoms with E-state index in [2.05, 4.69) is 6.92 Å². The van der Waals surface area contributed by atoms with Crippen molar-refractivity contribution < 1.29 is 0 Å². The second-order valence-corrected chi connectivity index (χ2v) is 4.00. The number of nitrogens with zero attached hydrogens (tertiary/aromatic N) is 4. The highest BCUT2D eigenvalue weighted by molar-refractivity contribution is 6.29. The number of anilines is 1. The van der Waals surface area contributed by atoms with Crippen LogP contribution in [-0.2, 0) is 6.42 Å². The average Bonchev–Trinajstić information content (AvgIpc) is 2.43. The molecule has 0 atom stereocenters. The molecular weight excluding hydrogens is 271 g/mol. The molecule has 4 nitrogen and oxygen atoms in total. The Balaban J connectivity index is 2.87. The number of rotatable bonds is 4. The third kappa shape index (κ3) is 3.56. The van der Waals surface area contributed by atoms with E-state index in [9.17, 15) is 0 Å². The van der Waals surface area contributed by atoms with Gasteiger partial charge in [0.05, 0.1) is 11.9 Å². The summed E-state index contributed by atoms with van der Waals surface area (Å²) < 4.78 is 2.06. The van der Waals surface area contributed by atoms with Gasteiger partial charge in [-0.15, -0.1) is 0 Å². The van der Waals surface area contributed by atoms with Gasteiger partial charge in [0, 0.05) is 23.6 Å². The van der Waals surface area contributed by atoms with E-state index in [1.54, 1.807) is 24.3 Å². The fourth-order valence-corrected chi connectivity index (χ4v) is 1.55. The third-order valence-electron chi connectivity index (χ3n) is 2.20. The Morgan fingerprint density at radius 2 is 1.78 bits per heavy atom. The van der Waals surface area contributed by atoms with Crippen LogP contribution in [-0.4, -0.2) is 4.53 Å². The number of hydrazine groups is 1. The summed E-state index contributed by atoms with van der Waals surface area (Å²) in [5.41, 5.74) is 1.67. The molecule has 0 saturated carbocycles. The molecule has 0 aromatic heterocycles. The van der Waals surface area contributed by atoms with Crippen LogP contribution in [0.1, 0.15) is 12.5 Å². The van der Waals surface area contributed by atoms with Crippen molar-refractivity contribution >= 4 is 29.2 Å². The predicted molar refractivity (Wildman–Crippen MR) is 71.2 cm³/mol. The molecule has 0 heterocycles. The van der Waals surface area contributed by atoms with Gasteiger partial charge in [0.15, 0.2) is 0 Å². The topological polar surface area (TPSA) is 54.1 Å². The zero-order valence-corrected chi connectivity index (χ0v) is 11.2. The van der Waals surface area contributed by atoms with Crippen LogP contribution in [0, 0.1) is 22.7 Å². The Labute approximate surface area is 116 Å². The minimum absolute atomic E-state index is 0.138. The largest absolute Gasteiger partial charge is 0.192 e. The highest BCUT2D eigenvalue weighted by atomic mass is 35.5. The van der Waals surface area contributed by atoms with Gasteiger partial charge in [0.1, 0.15) is 17.7 Å². The van der Waals surface area contributed by atoms with Crippen molar-refractivity contribution in [3.63, 3.8) is 0 Å². The average molecular weight is 281 g/mol. The highest BCUT2D eigenvalue weighted by Gasteiger charge is 2.10. The molecule has 1 rings (SSSR count). The van der Waals surface area contributed by atoms with E-state index in [-0.39, 0.29) is 5.57 Å². The van der Waals surface area contributed by atoms with Crippen LogP contribution < -0.4 is 4.53 Å². The maximum atomic E-state index is 8.61. The zero-order chi connectivity index (χ0) is 13.5. The summed E-state index contributed by atoms with van der Waals surface area (Å²) in [6, 6.07) is 10.8. The van der Waals surface area contributed by atoms with Crippen LogP contribution >= 0.6 is 23.6 Å². The molecule has 18 heavy (non-hydrogen) atoms. The SMILES string of the molecule is CCc1ccc(N(Cl)N(Cl)C=C(C#N)C#N)cc1. The summed E-state index contributed by atoms with van der Waals surface area (Å²) in [5, 5.41) is 17.2. The lowest BCUT2D eigenvalue weighted by Crippen LogP contribution is -2.22. The fraction of sp³-hybridized carbons (Fsp3) is 0.167. The Morgan fingerprint density at radius 3 is 2.22 bits per heavy atom. The van der Waals surface area contributed by atoms with Crippen LogP contribution in [0.2, 0.25) is 0 Å². The number of nitriles is 2. The van der Waals surface area contributed by atoms with Crippen LogP contribution in [0.15, 0.2) is 36.0 Å². The molecule has 0 aliphatic rings. The summed E-state index contributed by atoms with van der Waals surface area (Å²) in [6.45, 7) is 2.05. The molecule has 0 spiro atoms. The second-order valence-electron chi connectivity index (χ2n) is 3.34. The lowest BCUT2D eigenvalue weighted by molar-refractivity contribution is 0.652. The molecule has 0 aliphatic carbocycles. The summed E-state index contributed by atoms with van der Waals surface area (Å²) in [7, 11) is 0. The first-order chi connectivity index (χ1) is 8.62. The van der Waals surface area contributed by atoms with Crippen LogP contribution in [0.4, 0.5) is 5.69 Å². The highest BCUT2D eigenvalue weighted by Crippen LogP contribution is 2.22. The Kier molecular flexibility index (Phi) is 5.32. The van der Waals surface area contributed by atoms with E-state index in [1.807, 2.05) is 12.1 Å². The standard InChI is InChI=1S/C12H10Cl2N4/c1-2-10-3-5-12(6-4-10)18(14)17(13)9-11(7-15)8-16/h3-6,9H,2H2,1H3. The lowest BCUT2D eigenvalue weighted by atomic mass is 10.2. The molecule has 1 aromatic carbocycles. The molecule has 0 radical (unpaired) electrons. The van der Waals surface area contributed by atoms with Gasteiger partial charge in [-0.25, -0.2) is 0 Å². The van der Waals surface area contributed by atoms with Crippen molar-refractivity contribution in [1.82, 2.24) is 4.53 Å². The second kappa shape index (κ2) is 6.76. The molecule has 0 bridgehead atoms. The number of hydrogen-bond acceptors (Lipinski definition) is 4. The van der Waals surface area contributed by atoms with Gasteiger partial charge < -0.3 is 0 Å². The first kappa shape index (κ1) is 14.2. The molecule has 0 fully saturated rings. The summed E-state index contributed by atoms with van der Waals surface area (Å²) in [5.74, 6) is 0. The molecule has 0 N–H and O–H groups in total. The van der Waals surface area contributed by atoms with Gasteiger partial charge in [-0.05, 0) is 24.1 Å². The van der Waals surface area contributed by atoms with E-state index >= 15 is 0 Å². The van der Waals surface area contributed by atoms with E-state index in [4.69, 9.17) is 34.1 Å². The van der Waals surface area contributed by atoms with Gasteiger partial charge in [-0.3, -0.25) is 0 Å². The smallest absolute Gasteiger partial charge is 0.149 e. The number of allylic oxidation sites excluding steroid dienone is 1. The predicted octanol–water partition coefficient (Wildman–Crippen LogP) is 3.51. The molecule has 1 aromatic rings. The number of aryl methyl sites for hydroxylation is 1. The van der Waals surface area contributed by atoms with Crippen molar-refractivity contribution in [3.05, 3.63) is 41.6 Å². The Hall–Kier alpha value is -1.88. The summed E-state index contributed by atoms with van der Waals surface area (Å²) in [6.07, 6.45) is 2.07. The Morgan fingerprint density at radius 1 is 1.22 bits per heavy atom. The van der Waals surface area contributed by atoms with Crippen molar-refractivity contribution in [1.29, 1.82) is 10.5 Å². The van der Waals surface area contributed by atoms with Crippen LogP contribution in [0.5, 0.6) is 0 Å². The van der Waals surface area contributed by atoms with Gasteiger partial charge >= 0.3 is 0 Å². The van der Waals surface area contributed by atoms with Gasteiger partial charge in [-0.2, -0.15) is 19.6 Å². The number of benzene rings is 1. The van der Waals surface area contributed by atoms with E-state index in [0.717, 1.165) is 21.7 Å². The summed E-state index contributed by atoms with van der Waals surface area (Å²) in [4.78, 5) is 0. The zero-order valence-electron chi connectivity index (χ0n) is 9.64. The van der Waals surface area contributed by atoms with Crippen LogP contribution in [0.25, 0.3) is 0 Å². The van der Waals surface area contributed by atoms with Crippen molar-refractivity contribution in [2.45, 2.75) is 13.3 Å². The first-order valence-corrected chi connectivity index (χ1v) is 5.81. The van der Waals surface area contributed by atoms with Crippen molar-refractivity contribution in [2.24, 2.45) is 0 Å². The third-order valence-corrected chi connectivity index (χ3v) is 2.89. The first-order valence-electron chi connectivity index (χ1n) is 5.14. The Bertz CT molecular complexity index is 494. The fourth-order valence-electron chi connectivity index (χ4n) is 1.20. The monoisotopic (exact) mass is 280 g/mol. The molecule has 0 aliphatic heterocycles. The molecule has 6 heteroatoms. The van der Waals surface area contributed by atoms with Gasteiger partial charge in [0.25, 0.3) is 0 Å². The minimum Gasteiger partial charge on any atom is -0.192 e. The summed E-state index contributed by atoms with van der Waals surface area (Å²) >= 11 is 11.8. The lowest BCUT2D eigenvalue weighted by Gasteiger charge is -2.22. The molecule has 0 saturated heterocycles. The maximum Gasteiger partial charge on any atom is 0.149 e. The van der Waals surface area contributed by atoms with Gasteiger partial charge in [-0.1, -0.05) is 19.1 Å². The van der Waals surface area contributed by atoms with Gasteiger partial charge in [0.2, 0.25) is 0 Å². The van der Waals surface area contributed by atoms with E-state index < -0.39 is 0 Å². The molecule has 92 valence electrons. The number of hydrogen-bond donors (Lipinski definition) is 0.